The van der Waals surface area contributed by atoms with Crippen LogP contribution >= 0.6 is 0 Å². The van der Waals surface area contributed by atoms with E-state index in [1.54, 1.807) is 27.7 Å². The Bertz CT molecular complexity index is 1330. The summed E-state index contributed by atoms with van der Waals surface area (Å²) in [5, 5.41) is 0.521. The van der Waals surface area contributed by atoms with Crippen LogP contribution in [0.15, 0.2) is 76.1 Å². The normalized spacial score (nSPS) is 12.0. The van der Waals surface area contributed by atoms with Gasteiger partial charge in [0, 0.05) is 6.54 Å². The summed E-state index contributed by atoms with van der Waals surface area (Å²) in [5.41, 5.74) is 1.08. The highest BCUT2D eigenvalue weighted by molar-refractivity contribution is 5.91. The lowest BCUT2D eigenvalue weighted by Crippen LogP contribution is -2.38. The lowest BCUT2D eigenvalue weighted by molar-refractivity contribution is 0.0644. The Kier molecular flexibility index (Phi) is 7.65. The number of hydrogen-bond donors (Lipinski definition) is 0. The first-order valence-corrected chi connectivity index (χ1v) is 12.1. The summed E-state index contributed by atoms with van der Waals surface area (Å²) in [7, 11) is 0. The molecule has 0 aliphatic rings. The minimum atomic E-state index is -0.478. The predicted octanol–water partition coefficient (Wildman–Crippen LogP) is 5.77. The molecule has 0 aliphatic heterocycles. The maximum Gasteiger partial charge on any atom is 0.290 e. The van der Waals surface area contributed by atoms with Crippen LogP contribution in [0.4, 0.5) is 0 Å². The molecule has 7 heteroatoms. The zero-order valence-electron chi connectivity index (χ0n) is 20.4. The van der Waals surface area contributed by atoms with Gasteiger partial charge in [-0.2, -0.15) is 0 Å². The van der Waals surface area contributed by atoms with Gasteiger partial charge in [-0.25, -0.2) is 4.98 Å². The molecule has 0 fully saturated rings. The molecule has 0 saturated heterocycles. The number of fused-ring (bicyclic) bond motifs is 1. The van der Waals surface area contributed by atoms with E-state index in [1.165, 1.54) is 6.26 Å². The van der Waals surface area contributed by atoms with Gasteiger partial charge in [-0.1, -0.05) is 31.9 Å². The Hall–Kier alpha value is -3.87. The summed E-state index contributed by atoms with van der Waals surface area (Å²) in [5.74, 6) is 1.26. The monoisotopic (exact) mass is 473 g/mol. The van der Waals surface area contributed by atoms with E-state index in [0.29, 0.717) is 35.6 Å². The minimum Gasteiger partial charge on any atom is -0.494 e. The van der Waals surface area contributed by atoms with Crippen LogP contribution in [0, 0.1) is 0 Å². The molecular weight excluding hydrogens is 442 g/mol. The Balaban J connectivity index is 1.85. The van der Waals surface area contributed by atoms with Gasteiger partial charge in [0.05, 0.1) is 35.5 Å². The van der Waals surface area contributed by atoms with Gasteiger partial charge in [-0.15, -0.1) is 0 Å². The second-order valence-corrected chi connectivity index (χ2v) is 8.41. The number of benzene rings is 2. The van der Waals surface area contributed by atoms with Gasteiger partial charge in [-0.05, 0) is 68.8 Å². The molecule has 2 aromatic carbocycles. The smallest absolute Gasteiger partial charge is 0.290 e. The lowest BCUT2D eigenvalue weighted by atomic mass is 10.1. The van der Waals surface area contributed by atoms with Crippen LogP contribution < -0.4 is 10.3 Å². The molecule has 7 nitrogen and oxygen atoms in total. The van der Waals surface area contributed by atoms with E-state index >= 15 is 0 Å². The minimum absolute atomic E-state index is 0.180. The first-order valence-electron chi connectivity index (χ1n) is 12.1. The average molecular weight is 474 g/mol. The van der Waals surface area contributed by atoms with Crippen LogP contribution in [0.5, 0.6) is 5.75 Å². The van der Waals surface area contributed by atoms with Gasteiger partial charge in [0.1, 0.15) is 11.6 Å². The van der Waals surface area contributed by atoms with Crippen molar-refractivity contribution in [2.75, 3.05) is 13.2 Å². The topological polar surface area (TPSA) is 77.6 Å². The fraction of sp³-hybridized carbons (Fsp3) is 0.321. The second kappa shape index (κ2) is 11.0. The molecular formula is C28H31N3O4. The van der Waals surface area contributed by atoms with Gasteiger partial charge in [-0.3, -0.25) is 14.2 Å². The van der Waals surface area contributed by atoms with E-state index in [1.807, 2.05) is 56.3 Å². The molecule has 0 bridgehead atoms. The van der Waals surface area contributed by atoms with E-state index in [9.17, 15) is 9.59 Å². The highest BCUT2D eigenvalue weighted by Gasteiger charge is 2.28. The first-order chi connectivity index (χ1) is 17.0. The summed E-state index contributed by atoms with van der Waals surface area (Å²) < 4.78 is 12.6. The largest absolute Gasteiger partial charge is 0.494 e. The molecule has 35 heavy (non-hydrogen) atoms. The summed E-state index contributed by atoms with van der Waals surface area (Å²) in [6.45, 7) is 7.04. The highest BCUT2D eigenvalue weighted by Crippen LogP contribution is 2.26. The molecule has 0 radical (unpaired) electrons. The van der Waals surface area contributed by atoms with Crippen molar-refractivity contribution in [2.45, 2.75) is 46.1 Å². The third kappa shape index (κ3) is 5.14. The molecule has 4 rings (SSSR count). The van der Waals surface area contributed by atoms with Gasteiger partial charge in [0.2, 0.25) is 0 Å². The number of amides is 1. The second-order valence-electron chi connectivity index (χ2n) is 8.41. The van der Waals surface area contributed by atoms with Crippen LogP contribution in [0.2, 0.25) is 0 Å². The van der Waals surface area contributed by atoms with Crippen molar-refractivity contribution in [3.05, 3.63) is 88.9 Å². The summed E-state index contributed by atoms with van der Waals surface area (Å²) in [6, 6.07) is 17.5. The third-order valence-corrected chi connectivity index (χ3v) is 6.04. The maximum absolute atomic E-state index is 13.7. The molecule has 2 heterocycles. The molecule has 0 saturated carbocycles. The number of carbonyl (C=O) groups excluding carboxylic acids is 1. The van der Waals surface area contributed by atoms with Crippen molar-refractivity contribution in [3.63, 3.8) is 0 Å². The average Bonchev–Trinajstić information content (AvgIpc) is 3.42. The van der Waals surface area contributed by atoms with Crippen LogP contribution in [0.1, 0.15) is 62.5 Å². The summed E-state index contributed by atoms with van der Waals surface area (Å²) >= 11 is 0. The highest BCUT2D eigenvalue weighted by atomic mass is 16.5. The lowest BCUT2D eigenvalue weighted by Gasteiger charge is -2.30. The van der Waals surface area contributed by atoms with Crippen molar-refractivity contribution < 1.29 is 13.9 Å². The number of aromatic nitrogens is 2. The Labute approximate surface area is 205 Å². The quantitative estimate of drug-likeness (QED) is 0.273. The number of para-hydroxylation sites is 1. The third-order valence-electron chi connectivity index (χ3n) is 6.04. The van der Waals surface area contributed by atoms with E-state index in [2.05, 4.69) is 6.92 Å². The molecule has 1 atom stereocenters. The molecule has 0 spiro atoms. The van der Waals surface area contributed by atoms with E-state index in [-0.39, 0.29) is 17.2 Å². The first kappa shape index (κ1) is 24.3. The predicted molar refractivity (Wildman–Crippen MR) is 136 cm³/mol. The molecule has 2 aromatic heterocycles. The summed E-state index contributed by atoms with van der Waals surface area (Å²) in [6.07, 6.45) is 4.36. The molecule has 0 aliphatic carbocycles. The molecule has 1 unspecified atom stereocenters. The number of carbonyl (C=O) groups is 1. The fourth-order valence-corrected chi connectivity index (χ4v) is 4.22. The van der Waals surface area contributed by atoms with Crippen molar-refractivity contribution in [1.29, 1.82) is 0 Å². The Morgan fingerprint density at radius 2 is 1.83 bits per heavy atom. The van der Waals surface area contributed by atoms with Crippen LogP contribution in [0.25, 0.3) is 16.6 Å². The number of nitrogens with zero attached hydrogens (tertiary/aromatic N) is 3. The molecule has 4 aromatic rings. The zero-order valence-corrected chi connectivity index (χ0v) is 20.4. The van der Waals surface area contributed by atoms with Crippen LogP contribution in [-0.2, 0) is 0 Å². The fourth-order valence-electron chi connectivity index (χ4n) is 4.22. The van der Waals surface area contributed by atoms with Gasteiger partial charge >= 0.3 is 0 Å². The maximum atomic E-state index is 13.7. The van der Waals surface area contributed by atoms with E-state index in [4.69, 9.17) is 14.1 Å². The van der Waals surface area contributed by atoms with Crippen molar-refractivity contribution >= 4 is 16.8 Å². The number of ether oxygens (including phenoxy) is 1. The van der Waals surface area contributed by atoms with Crippen molar-refractivity contribution in [2.24, 2.45) is 0 Å². The number of rotatable bonds is 10. The summed E-state index contributed by atoms with van der Waals surface area (Å²) in [4.78, 5) is 33.8. The number of unbranched alkanes of at least 4 members (excludes halogenated alkanes) is 2. The van der Waals surface area contributed by atoms with Gasteiger partial charge < -0.3 is 14.1 Å². The van der Waals surface area contributed by atoms with Crippen LogP contribution in [-0.4, -0.2) is 33.5 Å². The molecule has 1 amide bonds. The zero-order chi connectivity index (χ0) is 24.8. The van der Waals surface area contributed by atoms with Crippen LogP contribution in [0.3, 0.4) is 0 Å². The van der Waals surface area contributed by atoms with Gasteiger partial charge in [0.25, 0.3) is 11.5 Å². The number of furan rings is 1. The van der Waals surface area contributed by atoms with E-state index in [0.717, 1.165) is 25.0 Å². The Morgan fingerprint density at radius 1 is 1.06 bits per heavy atom. The number of hydrogen-bond acceptors (Lipinski definition) is 5. The van der Waals surface area contributed by atoms with E-state index < -0.39 is 6.04 Å². The molecule has 0 N–H and O–H groups in total. The SMILES string of the molecule is CCCCCN(C(=O)c1ccco1)C(C)c1nc2ccccc2c(=O)n1-c1ccc(OCC)cc1. The van der Waals surface area contributed by atoms with Crippen molar-refractivity contribution in [1.82, 2.24) is 14.5 Å². The standard InChI is InChI=1S/C28H31N3O4/c1-4-6-9-18-30(28(33)25-13-10-19-35-25)20(3)26-29-24-12-8-7-11-23(24)27(32)31(26)21-14-16-22(17-15-21)34-5-2/h7-8,10-17,19-20H,4-6,9,18H2,1-3H3. The molecule has 182 valence electrons. The van der Waals surface area contributed by atoms with Crippen molar-refractivity contribution in [3.8, 4) is 11.4 Å². The Morgan fingerprint density at radius 3 is 2.51 bits per heavy atom. The van der Waals surface area contributed by atoms with Gasteiger partial charge in [0.15, 0.2) is 5.76 Å².